The topological polar surface area (TPSA) is 84.7 Å². The zero-order chi connectivity index (χ0) is 18.1. The predicted molar refractivity (Wildman–Crippen MR) is 92.9 cm³/mol. The average molecular weight is 355 g/mol. The molecule has 1 aromatic heterocycles. The number of oxazole rings is 1. The number of hydrogen-bond donors (Lipinski definition) is 1. The summed E-state index contributed by atoms with van der Waals surface area (Å²) in [7, 11) is 1.59. The number of aromatic nitrogens is 1. The predicted octanol–water partition coefficient (Wildman–Crippen LogP) is 2.38. The molecule has 2 saturated carbocycles. The van der Waals surface area contributed by atoms with Crippen LogP contribution in [-0.2, 0) is 6.54 Å². The van der Waals surface area contributed by atoms with E-state index in [-0.39, 0.29) is 36.1 Å². The molecule has 7 heteroatoms. The van der Waals surface area contributed by atoms with E-state index in [0.29, 0.717) is 17.2 Å². The number of carbonyl (C=O) groups excluding carboxylic acids is 2. The number of carbonyl (C=O) groups is 2. The van der Waals surface area contributed by atoms with E-state index in [2.05, 4.69) is 10.3 Å². The lowest BCUT2D eigenvalue weighted by Crippen LogP contribution is -2.32. The third-order valence-electron chi connectivity index (χ3n) is 4.59. The van der Waals surface area contributed by atoms with Gasteiger partial charge in [-0.3, -0.25) is 9.59 Å². The molecule has 136 valence electrons. The fourth-order valence-electron chi connectivity index (χ4n) is 2.77. The summed E-state index contributed by atoms with van der Waals surface area (Å²) in [4.78, 5) is 30.9. The first-order valence-corrected chi connectivity index (χ1v) is 8.84. The van der Waals surface area contributed by atoms with E-state index in [1.54, 1.807) is 36.3 Å². The maximum atomic E-state index is 12.9. The second kappa shape index (κ2) is 6.82. The van der Waals surface area contributed by atoms with Gasteiger partial charge in [0.25, 0.3) is 11.8 Å². The third-order valence-corrected chi connectivity index (χ3v) is 4.59. The molecule has 0 aliphatic heterocycles. The second-order valence-corrected chi connectivity index (χ2v) is 6.77. The number of nitrogens with zero attached hydrogens (tertiary/aromatic N) is 2. The first kappa shape index (κ1) is 16.6. The van der Waals surface area contributed by atoms with Crippen molar-refractivity contribution in [2.45, 2.75) is 44.3 Å². The molecule has 2 aromatic rings. The van der Waals surface area contributed by atoms with E-state index in [4.69, 9.17) is 9.15 Å². The lowest BCUT2D eigenvalue weighted by molar-refractivity contribution is 0.0714. The first-order valence-electron chi connectivity index (χ1n) is 8.84. The lowest BCUT2D eigenvalue weighted by Gasteiger charge is -2.20. The average Bonchev–Trinajstić information content (AvgIpc) is 3.59. The van der Waals surface area contributed by atoms with E-state index in [1.165, 1.54) is 6.26 Å². The van der Waals surface area contributed by atoms with Crippen LogP contribution in [0.1, 0.15) is 52.4 Å². The molecule has 0 unspecified atom stereocenters. The van der Waals surface area contributed by atoms with Gasteiger partial charge in [0.1, 0.15) is 12.0 Å². The molecule has 2 fully saturated rings. The highest BCUT2D eigenvalue weighted by atomic mass is 16.5. The Labute approximate surface area is 151 Å². The fraction of sp³-hybridized carbons (Fsp3) is 0.421. The quantitative estimate of drug-likeness (QED) is 0.824. The second-order valence-electron chi connectivity index (χ2n) is 6.77. The Morgan fingerprint density at radius 3 is 2.58 bits per heavy atom. The molecule has 0 spiro atoms. The summed E-state index contributed by atoms with van der Waals surface area (Å²) in [5, 5.41) is 2.88. The van der Waals surface area contributed by atoms with Crippen molar-refractivity contribution >= 4 is 11.8 Å². The molecule has 2 amide bonds. The summed E-state index contributed by atoms with van der Waals surface area (Å²) in [6.07, 6.45) is 5.33. The minimum atomic E-state index is -0.220. The Morgan fingerprint density at radius 1 is 1.23 bits per heavy atom. The van der Waals surface area contributed by atoms with Crippen LogP contribution in [0.25, 0.3) is 0 Å². The summed E-state index contributed by atoms with van der Waals surface area (Å²) in [6.45, 7) is 0.256. The van der Waals surface area contributed by atoms with Crippen LogP contribution in [0.15, 0.2) is 34.9 Å². The summed E-state index contributed by atoms with van der Waals surface area (Å²) >= 11 is 0. The van der Waals surface area contributed by atoms with Gasteiger partial charge >= 0.3 is 0 Å². The zero-order valence-corrected chi connectivity index (χ0v) is 14.6. The summed E-state index contributed by atoms with van der Waals surface area (Å²) in [6, 6.07) is 7.50. The molecule has 0 atom stereocenters. The molecule has 0 radical (unpaired) electrons. The molecular formula is C19H21N3O4. The van der Waals surface area contributed by atoms with E-state index in [9.17, 15) is 9.59 Å². The molecule has 1 N–H and O–H groups in total. The van der Waals surface area contributed by atoms with Crippen molar-refractivity contribution in [3.8, 4) is 5.75 Å². The van der Waals surface area contributed by atoms with E-state index in [1.807, 2.05) is 0 Å². The van der Waals surface area contributed by atoms with Crippen LogP contribution < -0.4 is 10.1 Å². The maximum absolute atomic E-state index is 12.9. The summed E-state index contributed by atoms with van der Waals surface area (Å²) in [5.74, 6) is 0.789. The number of hydrogen-bond acceptors (Lipinski definition) is 5. The zero-order valence-electron chi connectivity index (χ0n) is 14.6. The van der Waals surface area contributed by atoms with Gasteiger partial charge in [-0.1, -0.05) is 0 Å². The highest BCUT2D eigenvalue weighted by Gasteiger charge is 2.34. The smallest absolute Gasteiger partial charge is 0.273 e. The van der Waals surface area contributed by atoms with Crippen molar-refractivity contribution in [2.24, 2.45) is 0 Å². The van der Waals surface area contributed by atoms with Crippen LogP contribution in [0.4, 0.5) is 0 Å². The van der Waals surface area contributed by atoms with E-state index >= 15 is 0 Å². The summed E-state index contributed by atoms with van der Waals surface area (Å²) in [5.41, 5.74) is 0.857. The molecule has 0 bridgehead atoms. The Balaban J connectivity index is 1.45. The molecule has 26 heavy (non-hydrogen) atoms. The number of amides is 2. The molecular weight excluding hydrogens is 334 g/mol. The Morgan fingerprint density at radius 2 is 1.96 bits per heavy atom. The monoisotopic (exact) mass is 355 g/mol. The van der Waals surface area contributed by atoms with Crippen LogP contribution in [0.5, 0.6) is 5.75 Å². The van der Waals surface area contributed by atoms with Gasteiger partial charge in [-0.2, -0.15) is 0 Å². The van der Waals surface area contributed by atoms with Gasteiger partial charge in [-0.15, -0.1) is 0 Å². The lowest BCUT2D eigenvalue weighted by atomic mass is 10.2. The SMILES string of the molecule is COc1ccc(C(=O)N(Cc2nc(C(=O)NC3CC3)co2)C2CC2)cc1. The number of rotatable bonds is 7. The highest BCUT2D eigenvalue weighted by molar-refractivity contribution is 5.95. The largest absolute Gasteiger partial charge is 0.497 e. The van der Waals surface area contributed by atoms with Crippen molar-refractivity contribution in [3.05, 3.63) is 47.7 Å². The molecule has 1 aromatic carbocycles. The van der Waals surface area contributed by atoms with Crippen molar-refractivity contribution < 1.29 is 18.7 Å². The molecule has 2 aliphatic carbocycles. The van der Waals surface area contributed by atoms with Crippen LogP contribution in [0.2, 0.25) is 0 Å². The fourth-order valence-corrected chi connectivity index (χ4v) is 2.77. The summed E-state index contributed by atoms with van der Waals surface area (Å²) < 4.78 is 10.6. The van der Waals surface area contributed by atoms with Gasteiger partial charge in [-0.05, 0) is 49.9 Å². The van der Waals surface area contributed by atoms with Crippen molar-refractivity contribution in [1.29, 1.82) is 0 Å². The van der Waals surface area contributed by atoms with E-state index < -0.39 is 0 Å². The standard InChI is InChI=1S/C19H21N3O4/c1-25-15-8-2-12(3-9-15)19(24)22(14-6-7-14)10-17-21-16(11-26-17)18(23)20-13-4-5-13/h2-3,8-9,11,13-14H,4-7,10H2,1H3,(H,20,23). The van der Waals surface area contributed by atoms with Crippen molar-refractivity contribution in [2.75, 3.05) is 7.11 Å². The van der Waals surface area contributed by atoms with Gasteiger partial charge in [0.2, 0.25) is 5.89 Å². The van der Waals surface area contributed by atoms with Crippen LogP contribution >= 0.6 is 0 Å². The van der Waals surface area contributed by atoms with Crippen LogP contribution in [-0.4, -0.2) is 40.9 Å². The Hall–Kier alpha value is -2.83. The van der Waals surface area contributed by atoms with Crippen molar-refractivity contribution in [3.63, 3.8) is 0 Å². The number of ether oxygens (including phenoxy) is 1. The third kappa shape index (κ3) is 3.71. The minimum Gasteiger partial charge on any atom is -0.497 e. The normalized spacial score (nSPS) is 16.2. The molecule has 1 heterocycles. The molecule has 2 aliphatic rings. The number of methoxy groups -OCH3 is 1. The highest BCUT2D eigenvalue weighted by Crippen LogP contribution is 2.30. The van der Waals surface area contributed by atoms with E-state index in [0.717, 1.165) is 25.7 Å². The van der Waals surface area contributed by atoms with Gasteiger partial charge in [0, 0.05) is 17.6 Å². The number of nitrogens with one attached hydrogen (secondary N) is 1. The van der Waals surface area contributed by atoms with Crippen LogP contribution in [0, 0.1) is 0 Å². The van der Waals surface area contributed by atoms with Crippen LogP contribution in [0.3, 0.4) is 0 Å². The van der Waals surface area contributed by atoms with Gasteiger partial charge in [-0.25, -0.2) is 4.98 Å². The molecule has 0 saturated heterocycles. The van der Waals surface area contributed by atoms with Gasteiger partial charge in [0.05, 0.1) is 13.7 Å². The maximum Gasteiger partial charge on any atom is 0.273 e. The Kier molecular flexibility index (Phi) is 4.36. The minimum absolute atomic E-state index is 0.0719. The molecule has 7 nitrogen and oxygen atoms in total. The van der Waals surface area contributed by atoms with Gasteiger partial charge in [0.15, 0.2) is 5.69 Å². The molecule has 4 rings (SSSR count). The Bertz CT molecular complexity index is 806. The van der Waals surface area contributed by atoms with Crippen molar-refractivity contribution in [1.82, 2.24) is 15.2 Å². The van der Waals surface area contributed by atoms with Gasteiger partial charge < -0.3 is 19.4 Å². The first-order chi connectivity index (χ1) is 12.6. The number of benzene rings is 1.